The lowest BCUT2D eigenvalue weighted by molar-refractivity contribution is -0.137. The van der Waals surface area contributed by atoms with Crippen molar-refractivity contribution in [1.82, 2.24) is 5.32 Å². The fraction of sp³-hybridized carbons (Fsp3) is 0.588. The number of carbonyl (C=O) groups excluding carboxylic acids is 1. The maximum absolute atomic E-state index is 11.4. The Morgan fingerprint density at radius 1 is 1.33 bits per heavy atom. The van der Waals surface area contributed by atoms with Crippen molar-refractivity contribution in [3.05, 3.63) is 35.9 Å². The second-order valence-corrected chi connectivity index (χ2v) is 6.74. The molecule has 1 aliphatic carbocycles. The van der Waals surface area contributed by atoms with Gasteiger partial charge in [-0.05, 0) is 37.3 Å². The Kier molecular flexibility index (Phi) is 6.58. The van der Waals surface area contributed by atoms with Crippen molar-refractivity contribution in [3.8, 4) is 0 Å². The molecule has 0 aromatic heterocycles. The molecule has 2 rings (SSSR count). The minimum atomic E-state index is -0.128. The van der Waals surface area contributed by atoms with E-state index in [0.717, 1.165) is 13.0 Å². The van der Waals surface area contributed by atoms with Crippen LogP contribution in [0.4, 0.5) is 0 Å². The van der Waals surface area contributed by atoms with E-state index in [-0.39, 0.29) is 5.97 Å². The standard InChI is InChI=1S/C17H25NO2S/c1-3-18-15-10-9-14(13-7-5-4-6-8-13)11-16(15)21-12-17(19)20-2/h4-8,14-16,18H,3,9-12H2,1-2H3. The summed E-state index contributed by atoms with van der Waals surface area (Å²) in [6.07, 6.45) is 3.52. The largest absolute Gasteiger partial charge is 0.468 e. The summed E-state index contributed by atoms with van der Waals surface area (Å²) in [6, 6.07) is 11.2. The van der Waals surface area contributed by atoms with E-state index in [4.69, 9.17) is 4.74 Å². The van der Waals surface area contributed by atoms with Crippen molar-refractivity contribution in [1.29, 1.82) is 0 Å². The predicted octanol–water partition coefficient (Wildman–Crippen LogP) is 3.21. The third-order valence-corrected chi connectivity index (χ3v) is 5.52. The van der Waals surface area contributed by atoms with Gasteiger partial charge in [0.15, 0.2) is 0 Å². The topological polar surface area (TPSA) is 38.3 Å². The molecule has 4 heteroatoms. The minimum Gasteiger partial charge on any atom is -0.468 e. The van der Waals surface area contributed by atoms with Crippen molar-refractivity contribution in [2.45, 2.75) is 43.4 Å². The van der Waals surface area contributed by atoms with E-state index in [1.165, 1.54) is 25.5 Å². The molecule has 0 bridgehead atoms. The van der Waals surface area contributed by atoms with Gasteiger partial charge >= 0.3 is 5.97 Å². The number of thioether (sulfide) groups is 1. The molecule has 1 fully saturated rings. The summed E-state index contributed by atoms with van der Waals surface area (Å²) in [5, 5.41) is 4.05. The van der Waals surface area contributed by atoms with Crippen molar-refractivity contribution in [2.24, 2.45) is 0 Å². The molecule has 3 unspecified atom stereocenters. The highest BCUT2D eigenvalue weighted by molar-refractivity contribution is 8.00. The molecule has 3 nitrogen and oxygen atoms in total. The summed E-state index contributed by atoms with van der Waals surface area (Å²) in [7, 11) is 1.46. The molecular formula is C17H25NO2S. The number of hydrogen-bond acceptors (Lipinski definition) is 4. The first kappa shape index (κ1) is 16.4. The maximum atomic E-state index is 11.4. The van der Waals surface area contributed by atoms with Crippen LogP contribution in [0.2, 0.25) is 0 Å². The van der Waals surface area contributed by atoms with Crippen LogP contribution in [-0.4, -0.2) is 36.7 Å². The van der Waals surface area contributed by atoms with E-state index in [2.05, 4.69) is 42.6 Å². The highest BCUT2D eigenvalue weighted by Gasteiger charge is 2.31. The number of benzene rings is 1. The first-order valence-electron chi connectivity index (χ1n) is 7.71. The third-order valence-electron chi connectivity index (χ3n) is 4.17. The smallest absolute Gasteiger partial charge is 0.315 e. The monoisotopic (exact) mass is 307 g/mol. The van der Waals surface area contributed by atoms with Crippen molar-refractivity contribution >= 4 is 17.7 Å². The van der Waals surface area contributed by atoms with Gasteiger partial charge < -0.3 is 10.1 Å². The summed E-state index contributed by atoms with van der Waals surface area (Å²) in [5.41, 5.74) is 1.43. The van der Waals surface area contributed by atoms with Gasteiger partial charge in [0.2, 0.25) is 0 Å². The van der Waals surface area contributed by atoms with E-state index >= 15 is 0 Å². The number of nitrogens with one attached hydrogen (secondary N) is 1. The second kappa shape index (κ2) is 8.44. The van der Waals surface area contributed by atoms with Crippen LogP contribution in [0.5, 0.6) is 0 Å². The van der Waals surface area contributed by atoms with Crippen LogP contribution < -0.4 is 5.32 Å². The van der Waals surface area contributed by atoms with Crippen LogP contribution in [0.25, 0.3) is 0 Å². The highest BCUT2D eigenvalue weighted by atomic mass is 32.2. The SMILES string of the molecule is CCNC1CCC(c2ccccc2)CC1SCC(=O)OC. The summed E-state index contributed by atoms with van der Waals surface area (Å²) in [5.74, 6) is 0.929. The van der Waals surface area contributed by atoms with Crippen molar-refractivity contribution < 1.29 is 9.53 Å². The quantitative estimate of drug-likeness (QED) is 0.819. The van der Waals surface area contributed by atoms with Gasteiger partial charge in [0.05, 0.1) is 12.9 Å². The fourth-order valence-corrected chi connectivity index (χ4v) is 4.37. The zero-order valence-electron chi connectivity index (χ0n) is 12.9. The summed E-state index contributed by atoms with van der Waals surface area (Å²) in [4.78, 5) is 11.4. The Hall–Kier alpha value is -1.00. The fourth-order valence-electron chi connectivity index (χ4n) is 3.07. The Morgan fingerprint density at radius 2 is 2.10 bits per heavy atom. The van der Waals surface area contributed by atoms with Crippen LogP contribution in [-0.2, 0) is 9.53 Å². The lowest BCUT2D eigenvalue weighted by Gasteiger charge is -2.36. The van der Waals surface area contributed by atoms with Crippen LogP contribution in [0.1, 0.15) is 37.7 Å². The van der Waals surface area contributed by atoms with Crippen molar-refractivity contribution in [3.63, 3.8) is 0 Å². The molecule has 1 aromatic carbocycles. The summed E-state index contributed by atoms with van der Waals surface area (Å²) in [6.45, 7) is 3.13. The molecule has 0 aliphatic heterocycles. The first-order chi connectivity index (χ1) is 10.2. The molecule has 116 valence electrons. The molecule has 1 N–H and O–H groups in total. The number of rotatable bonds is 6. The second-order valence-electron chi connectivity index (χ2n) is 5.51. The summed E-state index contributed by atoms with van der Waals surface area (Å²) >= 11 is 1.74. The van der Waals surface area contributed by atoms with Gasteiger partial charge in [0.25, 0.3) is 0 Å². The highest BCUT2D eigenvalue weighted by Crippen LogP contribution is 2.38. The molecule has 0 amide bonds. The third kappa shape index (κ3) is 4.75. The van der Waals surface area contributed by atoms with Gasteiger partial charge in [-0.25, -0.2) is 0 Å². The van der Waals surface area contributed by atoms with Gasteiger partial charge in [-0.2, -0.15) is 0 Å². The molecule has 1 saturated carbocycles. The zero-order valence-corrected chi connectivity index (χ0v) is 13.7. The van der Waals surface area contributed by atoms with E-state index < -0.39 is 0 Å². The van der Waals surface area contributed by atoms with Gasteiger partial charge in [-0.1, -0.05) is 37.3 Å². The first-order valence-corrected chi connectivity index (χ1v) is 8.76. The van der Waals surface area contributed by atoms with Crippen molar-refractivity contribution in [2.75, 3.05) is 19.4 Å². The molecule has 1 aliphatic rings. The Bertz CT molecular complexity index is 438. The van der Waals surface area contributed by atoms with Crippen LogP contribution in [0.15, 0.2) is 30.3 Å². The van der Waals surface area contributed by atoms with Crippen LogP contribution >= 0.6 is 11.8 Å². The number of esters is 1. The number of ether oxygens (including phenoxy) is 1. The lowest BCUT2D eigenvalue weighted by Crippen LogP contribution is -2.42. The van der Waals surface area contributed by atoms with Gasteiger partial charge in [0.1, 0.15) is 0 Å². The molecule has 21 heavy (non-hydrogen) atoms. The summed E-state index contributed by atoms with van der Waals surface area (Å²) < 4.78 is 4.77. The van der Waals surface area contributed by atoms with E-state index in [9.17, 15) is 4.79 Å². The van der Waals surface area contributed by atoms with Crippen LogP contribution in [0, 0.1) is 0 Å². The molecular weight excluding hydrogens is 282 g/mol. The molecule has 0 heterocycles. The van der Waals surface area contributed by atoms with Gasteiger partial charge in [-0.3, -0.25) is 4.79 Å². The normalized spacial score (nSPS) is 25.5. The lowest BCUT2D eigenvalue weighted by atomic mass is 9.81. The zero-order chi connectivity index (χ0) is 15.1. The van der Waals surface area contributed by atoms with Crippen LogP contribution in [0.3, 0.4) is 0 Å². The Morgan fingerprint density at radius 3 is 2.76 bits per heavy atom. The molecule has 3 atom stereocenters. The number of hydrogen-bond donors (Lipinski definition) is 1. The minimum absolute atomic E-state index is 0.128. The molecule has 0 radical (unpaired) electrons. The average Bonchev–Trinajstić information content (AvgIpc) is 2.54. The molecule has 0 saturated heterocycles. The average molecular weight is 307 g/mol. The van der Waals surface area contributed by atoms with Gasteiger partial charge in [-0.15, -0.1) is 11.8 Å². The predicted molar refractivity (Wildman–Crippen MR) is 88.8 cm³/mol. The molecule has 1 aromatic rings. The molecule has 0 spiro atoms. The Balaban J connectivity index is 1.99. The van der Waals surface area contributed by atoms with E-state index in [0.29, 0.717) is 23.0 Å². The Labute approximate surface area is 131 Å². The van der Waals surface area contributed by atoms with E-state index in [1.807, 2.05) is 0 Å². The van der Waals surface area contributed by atoms with E-state index in [1.54, 1.807) is 11.8 Å². The maximum Gasteiger partial charge on any atom is 0.315 e. The van der Waals surface area contributed by atoms with Gasteiger partial charge in [0, 0.05) is 11.3 Å². The number of carbonyl (C=O) groups is 1. The number of methoxy groups -OCH3 is 1.